The van der Waals surface area contributed by atoms with E-state index in [0.29, 0.717) is 5.92 Å². The minimum Gasteiger partial charge on any atom is -0.360 e. The summed E-state index contributed by atoms with van der Waals surface area (Å²) in [6.45, 7) is 4.28. The molecule has 150 valence electrons. The van der Waals surface area contributed by atoms with Crippen LogP contribution in [0.3, 0.4) is 0 Å². The van der Waals surface area contributed by atoms with E-state index in [2.05, 4.69) is 38.1 Å². The van der Waals surface area contributed by atoms with Gasteiger partial charge in [-0.2, -0.15) is 0 Å². The lowest BCUT2D eigenvalue weighted by atomic mass is 9.62. The predicted octanol–water partition coefficient (Wildman–Crippen LogP) is 5.25. The quantitative estimate of drug-likeness (QED) is 0.626. The monoisotopic (exact) mass is 409 g/mol. The highest BCUT2D eigenvalue weighted by molar-refractivity contribution is 7.13. The van der Waals surface area contributed by atoms with Crippen LogP contribution in [0.25, 0.3) is 17.3 Å². The molecule has 0 spiro atoms. The Labute approximate surface area is 173 Å². The van der Waals surface area contributed by atoms with E-state index in [0.717, 1.165) is 48.0 Å². The zero-order valence-corrected chi connectivity index (χ0v) is 17.3. The third-order valence-electron chi connectivity index (χ3n) is 6.57. The summed E-state index contributed by atoms with van der Waals surface area (Å²) in [6, 6.07) is 6.63. The average molecular weight is 410 g/mol. The summed E-state index contributed by atoms with van der Waals surface area (Å²) in [4.78, 5) is 4.68. The minimum absolute atomic E-state index is 0.148. The van der Waals surface area contributed by atoms with Crippen LogP contribution in [0, 0.1) is 17.2 Å². The van der Waals surface area contributed by atoms with E-state index in [1.54, 1.807) is 16.8 Å². The number of imidazole rings is 1. The third-order valence-corrected chi connectivity index (χ3v) is 7.22. The van der Waals surface area contributed by atoms with Crippen molar-refractivity contribution in [3.63, 3.8) is 0 Å². The summed E-state index contributed by atoms with van der Waals surface area (Å²) >= 11 is 1.54. The van der Waals surface area contributed by atoms with Gasteiger partial charge in [0.15, 0.2) is 0 Å². The fourth-order valence-corrected chi connectivity index (χ4v) is 5.43. The molecule has 1 aliphatic heterocycles. The molecule has 3 heterocycles. The number of aromatic nitrogens is 4. The van der Waals surface area contributed by atoms with E-state index in [9.17, 15) is 4.39 Å². The average Bonchev–Trinajstić information content (AvgIpc) is 3.37. The number of benzene rings is 1. The highest BCUT2D eigenvalue weighted by Crippen LogP contribution is 2.51. The fourth-order valence-electron chi connectivity index (χ4n) is 4.96. The Kier molecular flexibility index (Phi) is 4.70. The molecule has 0 unspecified atom stereocenters. The van der Waals surface area contributed by atoms with Crippen LogP contribution < -0.4 is 5.32 Å². The second-order valence-corrected chi connectivity index (χ2v) is 9.08. The van der Waals surface area contributed by atoms with Gasteiger partial charge in [0.05, 0.1) is 17.7 Å². The molecular formula is C22H24FN5S. The lowest BCUT2D eigenvalue weighted by Crippen LogP contribution is -2.40. The number of allylic oxidation sites excluding steroid dienone is 1. The number of halogens is 1. The standard InChI is InChI=1S/C22H24FN5S/c1-22-12-28-13-25-20(15-5-7-18(23)8-6-15)19(28)11-17(22)4-2-3-16(22)9-10-24-21-27-26-14-29-21/h5-8,11,13-14,16H,2-4,9-10,12H2,1H3,(H,24,27)/t16-,22-/m1/s1. The van der Waals surface area contributed by atoms with Crippen molar-refractivity contribution in [1.29, 1.82) is 0 Å². The van der Waals surface area contributed by atoms with Crippen molar-refractivity contribution in [2.45, 2.75) is 39.2 Å². The highest BCUT2D eigenvalue weighted by atomic mass is 32.1. The molecule has 1 aromatic carbocycles. The molecule has 2 aromatic heterocycles. The Bertz CT molecular complexity index is 1020. The SMILES string of the molecule is C[C@]12Cn3cnc(-c4ccc(F)cc4)c3C=C1CCC[C@@H]2CCNc1nncs1. The van der Waals surface area contributed by atoms with Gasteiger partial charge in [-0.3, -0.25) is 0 Å². The van der Waals surface area contributed by atoms with E-state index >= 15 is 0 Å². The van der Waals surface area contributed by atoms with Crippen molar-refractivity contribution in [2.75, 3.05) is 11.9 Å². The van der Waals surface area contributed by atoms with Gasteiger partial charge >= 0.3 is 0 Å². The Balaban J connectivity index is 1.39. The number of hydrogen-bond donors (Lipinski definition) is 1. The Morgan fingerprint density at radius 3 is 2.97 bits per heavy atom. The van der Waals surface area contributed by atoms with Crippen molar-refractivity contribution in [3.05, 3.63) is 53.2 Å². The van der Waals surface area contributed by atoms with E-state index in [4.69, 9.17) is 0 Å². The van der Waals surface area contributed by atoms with Crippen LogP contribution in [0.15, 0.2) is 41.7 Å². The van der Waals surface area contributed by atoms with Gasteiger partial charge in [-0.1, -0.05) is 23.8 Å². The number of rotatable bonds is 5. The molecule has 5 nitrogen and oxygen atoms in total. The second-order valence-electron chi connectivity index (χ2n) is 8.25. The molecule has 1 fully saturated rings. The number of anilines is 1. The van der Waals surface area contributed by atoms with Crippen LogP contribution in [0.5, 0.6) is 0 Å². The van der Waals surface area contributed by atoms with Crippen LogP contribution in [-0.4, -0.2) is 26.3 Å². The van der Waals surface area contributed by atoms with Crippen molar-refractivity contribution < 1.29 is 4.39 Å². The summed E-state index contributed by atoms with van der Waals surface area (Å²) in [6.07, 6.45) is 9.02. The van der Waals surface area contributed by atoms with Crippen molar-refractivity contribution in [1.82, 2.24) is 19.7 Å². The van der Waals surface area contributed by atoms with Gasteiger partial charge in [0.2, 0.25) is 5.13 Å². The molecule has 0 amide bonds. The molecule has 2 aliphatic rings. The Morgan fingerprint density at radius 2 is 2.17 bits per heavy atom. The molecule has 7 heteroatoms. The maximum Gasteiger partial charge on any atom is 0.205 e. The van der Waals surface area contributed by atoms with Crippen LogP contribution >= 0.6 is 11.3 Å². The zero-order chi connectivity index (χ0) is 19.8. The first-order valence-electron chi connectivity index (χ1n) is 10.2. The van der Waals surface area contributed by atoms with Gasteiger partial charge in [-0.05, 0) is 61.9 Å². The van der Waals surface area contributed by atoms with Gasteiger partial charge < -0.3 is 9.88 Å². The molecule has 3 aromatic rings. The van der Waals surface area contributed by atoms with Crippen LogP contribution in [-0.2, 0) is 6.54 Å². The number of nitrogens with zero attached hydrogens (tertiary/aromatic N) is 4. The number of hydrogen-bond acceptors (Lipinski definition) is 5. The van der Waals surface area contributed by atoms with E-state index in [-0.39, 0.29) is 11.2 Å². The van der Waals surface area contributed by atoms with Crippen LogP contribution in [0.1, 0.15) is 38.3 Å². The van der Waals surface area contributed by atoms with Gasteiger partial charge in [-0.25, -0.2) is 9.37 Å². The summed E-state index contributed by atoms with van der Waals surface area (Å²) < 4.78 is 15.6. The predicted molar refractivity (Wildman–Crippen MR) is 114 cm³/mol. The maximum atomic E-state index is 13.3. The molecule has 1 aliphatic carbocycles. The molecule has 0 saturated heterocycles. The molecule has 2 atom stereocenters. The van der Waals surface area contributed by atoms with Crippen LogP contribution in [0.2, 0.25) is 0 Å². The number of nitrogens with one attached hydrogen (secondary N) is 1. The maximum absolute atomic E-state index is 13.3. The lowest BCUT2D eigenvalue weighted by molar-refractivity contribution is 0.146. The molecule has 29 heavy (non-hydrogen) atoms. The minimum atomic E-state index is -0.218. The zero-order valence-electron chi connectivity index (χ0n) is 16.4. The van der Waals surface area contributed by atoms with E-state index in [1.165, 1.54) is 30.5 Å². The van der Waals surface area contributed by atoms with Crippen LogP contribution in [0.4, 0.5) is 9.52 Å². The van der Waals surface area contributed by atoms with Crippen molar-refractivity contribution in [2.24, 2.45) is 11.3 Å². The molecule has 0 bridgehead atoms. The molecular weight excluding hydrogens is 385 g/mol. The lowest BCUT2D eigenvalue weighted by Gasteiger charge is -2.46. The molecule has 0 radical (unpaired) electrons. The first kappa shape index (κ1) is 18.5. The third kappa shape index (κ3) is 3.37. The largest absolute Gasteiger partial charge is 0.360 e. The first-order valence-corrected chi connectivity index (χ1v) is 11.0. The summed E-state index contributed by atoms with van der Waals surface area (Å²) in [5.74, 6) is 0.401. The van der Waals surface area contributed by atoms with Crippen molar-refractivity contribution >= 4 is 22.5 Å². The van der Waals surface area contributed by atoms with Crippen molar-refractivity contribution in [3.8, 4) is 11.3 Å². The summed E-state index contributed by atoms with van der Waals surface area (Å²) in [5.41, 5.74) is 6.49. The highest BCUT2D eigenvalue weighted by Gasteiger charge is 2.42. The Morgan fingerprint density at radius 1 is 1.31 bits per heavy atom. The van der Waals surface area contributed by atoms with E-state index < -0.39 is 0 Å². The van der Waals surface area contributed by atoms with Gasteiger partial charge in [0.25, 0.3) is 0 Å². The van der Waals surface area contributed by atoms with Gasteiger partial charge in [0, 0.05) is 24.1 Å². The van der Waals surface area contributed by atoms with E-state index in [1.807, 2.05) is 18.5 Å². The smallest absolute Gasteiger partial charge is 0.205 e. The summed E-state index contributed by atoms with van der Waals surface area (Å²) in [5, 5.41) is 12.3. The number of fused-ring (bicyclic) bond motifs is 2. The first-order chi connectivity index (χ1) is 14.1. The van der Waals surface area contributed by atoms with Gasteiger partial charge in [0.1, 0.15) is 11.3 Å². The second kappa shape index (κ2) is 7.37. The Hall–Kier alpha value is -2.54. The topological polar surface area (TPSA) is 55.6 Å². The fraction of sp³-hybridized carbons (Fsp3) is 0.409. The normalized spacial score (nSPS) is 23.2. The molecule has 5 rings (SSSR count). The molecule has 1 saturated carbocycles. The summed E-state index contributed by atoms with van der Waals surface area (Å²) in [7, 11) is 0. The molecule has 1 N–H and O–H groups in total. The van der Waals surface area contributed by atoms with Gasteiger partial charge in [-0.15, -0.1) is 10.2 Å².